The number of nitriles is 1. The van der Waals surface area contributed by atoms with Crippen LogP contribution in [0.4, 0.5) is 19.1 Å². The lowest BCUT2D eigenvalue weighted by molar-refractivity contribution is -0.201. The maximum absolute atomic E-state index is 13.7. The first-order valence-corrected chi connectivity index (χ1v) is 13.1. The second kappa shape index (κ2) is 11.6. The molecule has 212 valence electrons. The zero-order valence-electron chi connectivity index (χ0n) is 21.6. The quantitative estimate of drug-likeness (QED) is 0.540. The third kappa shape index (κ3) is 5.95. The molecule has 5 rings (SSSR count). The molecule has 14 heteroatoms. The molecule has 0 aliphatic carbocycles. The molecule has 3 atom stereocenters. The Balaban J connectivity index is 1.18. The Labute approximate surface area is 228 Å². The Morgan fingerprint density at radius 3 is 2.60 bits per heavy atom. The molecule has 0 saturated carbocycles. The highest BCUT2D eigenvalue weighted by Crippen LogP contribution is 2.35. The normalized spacial score (nSPS) is 23.9. The summed E-state index contributed by atoms with van der Waals surface area (Å²) in [5.74, 6) is -2.38. The standard InChI is InChI=1S/C26H29F3N8O3/c27-26(28,29)22-21(15-33-34-23(22)38)37-6-2-4-19(37)16-40-20-5-1-3-18(11-20)24(39)35-7-9-36(10-8-35)25-31-13-17(12-30)14-32-25/h1,3,5,11,13-14,19,21-22,33H,2,4,6-10,15-16H2,(H,34,38)/t19-,21?,22?/m0/s1. The molecule has 11 nitrogen and oxygen atoms in total. The van der Waals surface area contributed by atoms with E-state index in [1.165, 1.54) is 12.4 Å². The second-order valence-electron chi connectivity index (χ2n) is 9.99. The lowest BCUT2D eigenvalue weighted by Crippen LogP contribution is -2.65. The first-order valence-electron chi connectivity index (χ1n) is 13.1. The minimum Gasteiger partial charge on any atom is -0.492 e. The number of carbonyl (C=O) groups is 2. The predicted octanol–water partition coefficient (Wildman–Crippen LogP) is 1.34. The number of alkyl halides is 3. The predicted molar refractivity (Wildman–Crippen MR) is 136 cm³/mol. The van der Waals surface area contributed by atoms with Gasteiger partial charge in [0.15, 0.2) is 5.92 Å². The second-order valence-corrected chi connectivity index (χ2v) is 9.99. The van der Waals surface area contributed by atoms with E-state index in [9.17, 15) is 22.8 Å². The lowest BCUT2D eigenvalue weighted by atomic mass is 9.94. The average Bonchev–Trinajstić information content (AvgIpc) is 3.44. The van der Waals surface area contributed by atoms with E-state index < -0.39 is 24.0 Å². The van der Waals surface area contributed by atoms with Gasteiger partial charge in [-0.2, -0.15) is 18.4 Å². The number of benzene rings is 1. The van der Waals surface area contributed by atoms with Crippen LogP contribution in [0.25, 0.3) is 0 Å². The first-order chi connectivity index (χ1) is 19.2. The molecular weight excluding hydrogens is 529 g/mol. The van der Waals surface area contributed by atoms with Crippen LogP contribution >= 0.6 is 0 Å². The van der Waals surface area contributed by atoms with Crippen molar-refractivity contribution < 1.29 is 27.5 Å². The number of hydrogen-bond acceptors (Lipinski definition) is 9. The number of amides is 2. The van der Waals surface area contributed by atoms with Crippen molar-refractivity contribution in [2.45, 2.75) is 31.1 Å². The largest absolute Gasteiger partial charge is 0.492 e. The van der Waals surface area contributed by atoms with Gasteiger partial charge in [0.1, 0.15) is 18.4 Å². The van der Waals surface area contributed by atoms with Gasteiger partial charge in [-0.25, -0.2) is 15.4 Å². The summed E-state index contributed by atoms with van der Waals surface area (Å²) in [7, 11) is 0. The zero-order chi connectivity index (χ0) is 28.3. The van der Waals surface area contributed by atoms with Gasteiger partial charge in [0, 0.05) is 50.4 Å². The third-order valence-corrected chi connectivity index (χ3v) is 7.53. The molecule has 0 radical (unpaired) electrons. The molecule has 2 aromatic rings. The summed E-state index contributed by atoms with van der Waals surface area (Å²) in [6.07, 6.45) is -0.371. The Bertz CT molecular complexity index is 1260. The minimum atomic E-state index is -4.65. The maximum Gasteiger partial charge on any atom is 0.402 e. The van der Waals surface area contributed by atoms with Crippen LogP contribution in [0.2, 0.25) is 0 Å². The van der Waals surface area contributed by atoms with E-state index in [1.807, 2.05) is 11.0 Å². The van der Waals surface area contributed by atoms with Gasteiger partial charge in [-0.1, -0.05) is 6.07 Å². The van der Waals surface area contributed by atoms with Crippen LogP contribution in [0, 0.1) is 17.2 Å². The Hall–Kier alpha value is -3.96. The van der Waals surface area contributed by atoms with Crippen molar-refractivity contribution in [3.8, 4) is 11.8 Å². The molecule has 3 saturated heterocycles. The summed E-state index contributed by atoms with van der Waals surface area (Å²) >= 11 is 0. The van der Waals surface area contributed by atoms with E-state index in [1.54, 1.807) is 34.1 Å². The number of hydrazine groups is 1. The highest BCUT2D eigenvalue weighted by Gasteiger charge is 2.54. The summed E-state index contributed by atoms with van der Waals surface area (Å²) in [5, 5.41) is 8.91. The van der Waals surface area contributed by atoms with Gasteiger partial charge in [-0.3, -0.25) is 19.9 Å². The summed E-state index contributed by atoms with van der Waals surface area (Å²) in [6.45, 7) is 2.58. The molecule has 40 heavy (non-hydrogen) atoms. The molecule has 2 amide bonds. The summed E-state index contributed by atoms with van der Waals surface area (Å²) in [6, 6.07) is 7.44. The van der Waals surface area contributed by atoms with E-state index >= 15 is 0 Å². The SMILES string of the molecule is N#Cc1cnc(N2CCN(C(=O)c3cccc(OC[C@@H]4CCCN4C4CNNC(=O)C4C(F)(F)F)c3)CC2)nc1. The molecule has 3 fully saturated rings. The van der Waals surface area contributed by atoms with Gasteiger partial charge in [-0.15, -0.1) is 0 Å². The first kappa shape index (κ1) is 27.6. The number of nitrogens with zero attached hydrogens (tertiary/aromatic N) is 6. The Morgan fingerprint density at radius 2 is 1.90 bits per heavy atom. The van der Waals surface area contributed by atoms with Crippen LogP contribution in [-0.2, 0) is 4.79 Å². The molecule has 0 spiro atoms. The van der Waals surface area contributed by atoms with Crippen molar-refractivity contribution >= 4 is 17.8 Å². The van der Waals surface area contributed by atoms with Crippen LogP contribution in [0.5, 0.6) is 5.75 Å². The monoisotopic (exact) mass is 558 g/mol. The van der Waals surface area contributed by atoms with E-state index in [0.717, 1.165) is 0 Å². The number of hydrogen-bond donors (Lipinski definition) is 2. The molecule has 3 aliphatic rings. The van der Waals surface area contributed by atoms with Crippen LogP contribution in [-0.4, -0.2) is 95.7 Å². The molecule has 1 aromatic heterocycles. The average molecular weight is 559 g/mol. The number of piperazine rings is 1. The highest BCUT2D eigenvalue weighted by molar-refractivity contribution is 5.94. The minimum absolute atomic E-state index is 0.0129. The van der Waals surface area contributed by atoms with Crippen molar-refractivity contribution in [1.82, 2.24) is 30.6 Å². The number of halogens is 3. The maximum atomic E-state index is 13.7. The molecule has 2 unspecified atom stereocenters. The highest BCUT2D eigenvalue weighted by atomic mass is 19.4. The van der Waals surface area contributed by atoms with Gasteiger partial charge in [-0.05, 0) is 37.6 Å². The molecule has 4 heterocycles. The summed E-state index contributed by atoms with van der Waals surface area (Å²) in [5.41, 5.74) is 5.51. The fraction of sp³-hybridized carbons (Fsp3) is 0.500. The molecule has 2 N–H and O–H groups in total. The Kier molecular flexibility index (Phi) is 8.04. The van der Waals surface area contributed by atoms with E-state index in [2.05, 4.69) is 20.8 Å². The topological polar surface area (TPSA) is 127 Å². The number of anilines is 1. The summed E-state index contributed by atoms with van der Waals surface area (Å²) in [4.78, 5) is 39.0. The van der Waals surface area contributed by atoms with Crippen molar-refractivity contribution in [3.63, 3.8) is 0 Å². The van der Waals surface area contributed by atoms with Crippen molar-refractivity contribution in [1.29, 1.82) is 5.26 Å². The van der Waals surface area contributed by atoms with Crippen LogP contribution < -0.4 is 20.5 Å². The molecule has 0 bridgehead atoms. The lowest BCUT2D eigenvalue weighted by Gasteiger charge is -2.40. The Morgan fingerprint density at radius 1 is 1.15 bits per heavy atom. The van der Waals surface area contributed by atoms with Crippen LogP contribution in [0.1, 0.15) is 28.8 Å². The fourth-order valence-electron chi connectivity index (χ4n) is 5.51. The smallest absolute Gasteiger partial charge is 0.402 e. The summed E-state index contributed by atoms with van der Waals surface area (Å²) < 4.78 is 47.0. The number of ether oxygens (including phenoxy) is 1. The third-order valence-electron chi connectivity index (χ3n) is 7.53. The van der Waals surface area contributed by atoms with Gasteiger partial charge >= 0.3 is 6.18 Å². The van der Waals surface area contributed by atoms with E-state index in [-0.39, 0.29) is 25.1 Å². The molecule has 3 aliphatic heterocycles. The van der Waals surface area contributed by atoms with Gasteiger partial charge in [0.25, 0.3) is 5.91 Å². The van der Waals surface area contributed by atoms with Gasteiger partial charge < -0.3 is 14.5 Å². The number of carbonyl (C=O) groups excluding carboxylic acids is 2. The van der Waals surface area contributed by atoms with Gasteiger partial charge in [0.2, 0.25) is 11.9 Å². The number of likely N-dealkylation sites (tertiary alicyclic amines) is 1. The van der Waals surface area contributed by atoms with Crippen LogP contribution in [0.3, 0.4) is 0 Å². The van der Waals surface area contributed by atoms with E-state index in [0.29, 0.717) is 68.4 Å². The van der Waals surface area contributed by atoms with E-state index in [4.69, 9.17) is 10.00 Å². The molecule has 1 aromatic carbocycles. The zero-order valence-corrected chi connectivity index (χ0v) is 21.6. The molecular formula is C26H29F3N8O3. The van der Waals surface area contributed by atoms with Gasteiger partial charge in [0.05, 0.1) is 18.0 Å². The van der Waals surface area contributed by atoms with Crippen molar-refractivity contribution in [3.05, 3.63) is 47.8 Å². The fourth-order valence-corrected chi connectivity index (χ4v) is 5.51. The number of nitrogens with one attached hydrogen (secondary N) is 2. The van der Waals surface area contributed by atoms with Crippen molar-refractivity contribution in [2.75, 3.05) is 50.8 Å². The number of aromatic nitrogens is 2. The van der Waals surface area contributed by atoms with Crippen molar-refractivity contribution in [2.24, 2.45) is 5.92 Å². The van der Waals surface area contributed by atoms with Crippen LogP contribution in [0.15, 0.2) is 36.7 Å². The number of rotatable bonds is 6.